The van der Waals surface area contributed by atoms with E-state index in [2.05, 4.69) is 27.8 Å². The van der Waals surface area contributed by atoms with Crippen LogP contribution in [-0.2, 0) is 23.4 Å². The molecule has 3 rings (SSSR count). The molecule has 0 bridgehead atoms. The predicted molar refractivity (Wildman–Crippen MR) is 113 cm³/mol. The van der Waals surface area contributed by atoms with E-state index in [1.54, 1.807) is 18.3 Å². The average molecular weight is 401 g/mol. The van der Waals surface area contributed by atoms with Gasteiger partial charge in [-0.1, -0.05) is 24.3 Å². The van der Waals surface area contributed by atoms with Crippen LogP contribution in [0.15, 0.2) is 46.1 Å². The third kappa shape index (κ3) is 5.11. The smallest absolute Gasteiger partial charge is 0.244 e. The van der Waals surface area contributed by atoms with E-state index < -0.39 is 5.60 Å². The highest BCUT2D eigenvalue weighted by Gasteiger charge is 2.24. The highest BCUT2D eigenvalue weighted by molar-refractivity contribution is 7.08. The summed E-state index contributed by atoms with van der Waals surface area (Å²) >= 11 is 1.55. The van der Waals surface area contributed by atoms with Crippen molar-refractivity contribution in [3.05, 3.63) is 57.8 Å². The summed E-state index contributed by atoms with van der Waals surface area (Å²) in [6, 6.07) is 10.2. The molecule has 1 atom stereocenters. The first-order valence-corrected chi connectivity index (χ1v) is 10.6. The van der Waals surface area contributed by atoms with Gasteiger partial charge in [0.2, 0.25) is 5.91 Å². The van der Waals surface area contributed by atoms with Gasteiger partial charge in [0.1, 0.15) is 12.1 Å². The van der Waals surface area contributed by atoms with E-state index in [4.69, 9.17) is 0 Å². The van der Waals surface area contributed by atoms with Crippen LogP contribution in [0, 0.1) is 0 Å². The van der Waals surface area contributed by atoms with E-state index in [9.17, 15) is 9.90 Å². The number of rotatable bonds is 6. The third-order valence-corrected chi connectivity index (χ3v) is 5.63. The van der Waals surface area contributed by atoms with Gasteiger partial charge in [-0.2, -0.15) is 11.3 Å². The van der Waals surface area contributed by atoms with Gasteiger partial charge in [0, 0.05) is 19.6 Å². The molecule has 7 heteroatoms. The quantitative estimate of drug-likeness (QED) is 0.513. The maximum absolute atomic E-state index is 12.6. The van der Waals surface area contributed by atoms with Crippen molar-refractivity contribution in [2.45, 2.75) is 32.4 Å². The summed E-state index contributed by atoms with van der Waals surface area (Å²) in [5, 5.41) is 20.8. The first-order valence-electron chi connectivity index (χ1n) is 9.61. The van der Waals surface area contributed by atoms with E-state index in [1.165, 1.54) is 11.1 Å². The SMILES string of the molecule is CCNC(=NCC(=O)N1CCc2ccccc2C1)NCC(C)(O)c1ccsc1. The molecule has 150 valence electrons. The molecular weight excluding hydrogens is 372 g/mol. The predicted octanol–water partition coefficient (Wildman–Crippen LogP) is 2.10. The third-order valence-electron chi connectivity index (χ3n) is 4.94. The Bertz CT molecular complexity index is 818. The zero-order valence-corrected chi connectivity index (χ0v) is 17.3. The summed E-state index contributed by atoms with van der Waals surface area (Å²) in [6.45, 7) is 6.17. The second-order valence-electron chi connectivity index (χ2n) is 7.17. The van der Waals surface area contributed by atoms with Crippen LogP contribution in [0.4, 0.5) is 0 Å². The van der Waals surface area contributed by atoms with E-state index in [0.717, 1.165) is 18.5 Å². The van der Waals surface area contributed by atoms with Crippen molar-refractivity contribution >= 4 is 23.2 Å². The minimum Gasteiger partial charge on any atom is -0.384 e. The fourth-order valence-corrected chi connectivity index (χ4v) is 4.01. The van der Waals surface area contributed by atoms with Crippen molar-refractivity contribution in [3.63, 3.8) is 0 Å². The number of carbonyl (C=O) groups excluding carboxylic acids is 1. The maximum Gasteiger partial charge on any atom is 0.244 e. The second kappa shape index (κ2) is 9.21. The number of thiophene rings is 1. The lowest BCUT2D eigenvalue weighted by molar-refractivity contribution is -0.130. The summed E-state index contributed by atoms with van der Waals surface area (Å²) < 4.78 is 0. The van der Waals surface area contributed by atoms with Crippen molar-refractivity contribution in [1.82, 2.24) is 15.5 Å². The molecule has 2 heterocycles. The van der Waals surface area contributed by atoms with Crippen LogP contribution >= 0.6 is 11.3 Å². The molecule has 1 aliphatic heterocycles. The molecule has 3 N–H and O–H groups in total. The first kappa shape index (κ1) is 20.4. The molecule has 0 radical (unpaired) electrons. The molecule has 0 aliphatic carbocycles. The number of carbonyl (C=O) groups is 1. The van der Waals surface area contributed by atoms with Crippen molar-refractivity contribution in [3.8, 4) is 0 Å². The maximum atomic E-state index is 12.6. The summed E-state index contributed by atoms with van der Waals surface area (Å²) in [4.78, 5) is 18.9. The van der Waals surface area contributed by atoms with Gasteiger partial charge < -0.3 is 20.6 Å². The van der Waals surface area contributed by atoms with Crippen molar-refractivity contribution in [2.75, 3.05) is 26.2 Å². The van der Waals surface area contributed by atoms with Gasteiger partial charge in [-0.3, -0.25) is 4.79 Å². The fourth-order valence-electron chi connectivity index (χ4n) is 3.23. The molecule has 1 aromatic carbocycles. The average Bonchev–Trinajstić information content (AvgIpc) is 3.25. The summed E-state index contributed by atoms with van der Waals surface area (Å²) in [6.07, 6.45) is 0.882. The second-order valence-corrected chi connectivity index (χ2v) is 7.95. The number of guanidine groups is 1. The number of hydrogen-bond donors (Lipinski definition) is 3. The van der Waals surface area contributed by atoms with Gasteiger partial charge in [0.05, 0.1) is 6.54 Å². The van der Waals surface area contributed by atoms with Crippen molar-refractivity contribution in [2.24, 2.45) is 4.99 Å². The van der Waals surface area contributed by atoms with Crippen LogP contribution in [0.1, 0.15) is 30.5 Å². The molecule has 0 spiro atoms. The van der Waals surface area contributed by atoms with E-state index in [0.29, 0.717) is 25.6 Å². The minimum absolute atomic E-state index is 0.0105. The molecule has 1 unspecified atom stereocenters. The number of aliphatic hydroxyl groups is 1. The van der Waals surface area contributed by atoms with Gasteiger partial charge >= 0.3 is 0 Å². The Kier molecular flexibility index (Phi) is 6.70. The molecule has 2 aromatic rings. The number of aliphatic imine (C=N–C) groups is 1. The van der Waals surface area contributed by atoms with E-state index in [1.807, 2.05) is 40.8 Å². The molecule has 6 nitrogen and oxygen atoms in total. The molecule has 1 aromatic heterocycles. The van der Waals surface area contributed by atoms with Crippen molar-refractivity contribution in [1.29, 1.82) is 0 Å². The molecule has 0 saturated heterocycles. The molecule has 0 saturated carbocycles. The molecule has 0 fully saturated rings. The highest BCUT2D eigenvalue weighted by atomic mass is 32.1. The summed E-state index contributed by atoms with van der Waals surface area (Å²) in [5.74, 6) is 0.542. The van der Waals surface area contributed by atoms with Crippen LogP contribution in [0.3, 0.4) is 0 Å². The highest BCUT2D eigenvalue weighted by Crippen LogP contribution is 2.22. The molecular formula is C21H28N4O2S. The van der Waals surface area contributed by atoms with Crippen LogP contribution in [0.25, 0.3) is 0 Å². The van der Waals surface area contributed by atoms with Gasteiger partial charge in [-0.15, -0.1) is 0 Å². The largest absolute Gasteiger partial charge is 0.384 e. The molecule has 1 aliphatic rings. The molecule has 28 heavy (non-hydrogen) atoms. The van der Waals surface area contributed by atoms with Gasteiger partial charge in [-0.05, 0) is 53.8 Å². The van der Waals surface area contributed by atoms with Gasteiger partial charge in [-0.25, -0.2) is 4.99 Å². The number of amides is 1. The van der Waals surface area contributed by atoms with Crippen LogP contribution in [0.5, 0.6) is 0 Å². The monoisotopic (exact) mass is 400 g/mol. The lowest BCUT2D eigenvalue weighted by Gasteiger charge is -2.28. The Morgan fingerprint density at radius 2 is 2.07 bits per heavy atom. The zero-order valence-electron chi connectivity index (χ0n) is 16.4. The van der Waals surface area contributed by atoms with Gasteiger partial charge in [0.25, 0.3) is 0 Å². The lowest BCUT2D eigenvalue weighted by atomic mass is 9.99. The van der Waals surface area contributed by atoms with E-state index >= 15 is 0 Å². The number of benzene rings is 1. The Hall–Kier alpha value is -2.38. The minimum atomic E-state index is -1.00. The standard InChI is InChI=1S/C21H28N4O2S/c1-3-22-20(24-15-21(2,27)18-9-11-28-14-18)23-12-19(26)25-10-8-16-6-4-5-7-17(16)13-25/h4-7,9,11,14,27H,3,8,10,12-13,15H2,1-2H3,(H2,22,23,24). The zero-order chi connectivity index (χ0) is 20.0. The number of nitrogens with one attached hydrogen (secondary N) is 2. The number of hydrogen-bond acceptors (Lipinski definition) is 4. The Labute approximate surface area is 170 Å². The summed E-state index contributed by atoms with van der Waals surface area (Å²) in [5.41, 5.74) is 2.39. The number of nitrogens with zero attached hydrogens (tertiary/aromatic N) is 2. The summed E-state index contributed by atoms with van der Waals surface area (Å²) in [7, 11) is 0. The topological polar surface area (TPSA) is 77.0 Å². The number of fused-ring (bicyclic) bond motifs is 1. The lowest BCUT2D eigenvalue weighted by Crippen LogP contribution is -2.45. The Morgan fingerprint density at radius 1 is 1.29 bits per heavy atom. The Morgan fingerprint density at radius 3 is 2.79 bits per heavy atom. The molecule has 1 amide bonds. The normalized spacial score (nSPS) is 16.2. The van der Waals surface area contributed by atoms with Gasteiger partial charge in [0.15, 0.2) is 5.96 Å². The van der Waals surface area contributed by atoms with Crippen LogP contribution in [-0.4, -0.2) is 48.1 Å². The van der Waals surface area contributed by atoms with Crippen molar-refractivity contribution < 1.29 is 9.90 Å². The first-order chi connectivity index (χ1) is 13.5. The van der Waals surface area contributed by atoms with Crippen LogP contribution in [0.2, 0.25) is 0 Å². The fraction of sp³-hybridized carbons (Fsp3) is 0.429. The van der Waals surface area contributed by atoms with Crippen LogP contribution < -0.4 is 10.6 Å². The van der Waals surface area contributed by atoms with E-state index in [-0.39, 0.29) is 12.5 Å². The Balaban J connectivity index is 1.57.